The molecule has 4 nitrogen and oxygen atoms in total. The molecule has 20 heavy (non-hydrogen) atoms. The number of hydrogen-bond donors (Lipinski definition) is 1. The Kier molecular flexibility index (Phi) is 4.84. The second-order valence-electron chi connectivity index (χ2n) is 4.75. The minimum atomic E-state index is 0.0209. The number of thioether (sulfide) groups is 1. The molecule has 0 saturated heterocycles. The lowest BCUT2D eigenvalue weighted by molar-refractivity contribution is -0.115. The van der Waals surface area contributed by atoms with Crippen molar-refractivity contribution in [2.24, 2.45) is 7.05 Å². The number of benzene rings is 1. The third-order valence-electron chi connectivity index (χ3n) is 2.89. The molecule has 5 heteroatoms. The maximum absolute atomic E-state index is 11.9. The summed E-state index contributed by atoms with van der Waals surface area (Å²) in [6, 6.07) is 10.2. The molecule has 0 aliphatic heterocycles. The predicted molar refractivity (Wildman–Crippen MR) is 83.1 cm³/mol. The highest BCUT2D eigenvalue weighted by Crippen LogP contribution is 2.19. The minimum Gasteiger partial charge on any atom is -0.311 e. The van der Waals surface area contributed by atoms with Gasteiger partial charge < -0.3 is 5.32 Å². The first kappa shape index (κ1) is 14.7. The minimum absolute atomic E-state index is 0.0209. The Hall–Kier alpha value is -1.75. The van der Waals surface area contributed by atoms with Gasteiger partial charge in [-0.25, -0.2) is 0 Å². The molecule has 0 unspecified atom stereocenters. The molecule has 1 heterocycles. The van der Waals surface area contributed by atoms with Crippen LogP contribution in [0.4, 0.5) is 5.82 Å². The van der Waals surface area contributed by atoms with Gasteiger partial charge in [0.05, 0.1) is 5.69 Å². The van der Waals surface area contributed by atoms with Crippen LogP contribution < -0.4 is 5.32 Å². The van der Waals surface area contributed by atoms with E-state index in [4.69, 9.17) is 0 Å². The molecule has 0 aliphatic rings. The highest BCUT2D eigenvalue weighted by atomic mass is 32.2. The highest BCUT2D eigenvalue weighted by Gasteiger charge is 2.07. The van der Waals surface area contributed by atoms with Crippen molar-refractivity contribution in [2.45, 2.75) is 25.2 Å². The number of nitrogens with zero attached hydrogens (tertiary/aromatic N) is 2. The summed E-state index contributed by atoms with van der Waals surface area (Å²) in [7, 11) is 1.82. The van der Waals surface area contributed by atoms with E-state index in [1.807, 2.05) is 20.0 Å². The van der Waals surface area contributed by atoms with Crippen LogP contribution in [0.2, 0.25) is 0 Å². The molecule has 1 aromatic carbocycles. The number of aryl methyl sites for hydroxylation is 3. The standard InChI is InChI=1S/C15H19N3OS/c1-11-4-6-13(7-5-11)20-9-8-15(19)16-14-10-12(2)17-18(14)3/h4-7,10H,8-9H2,1-3H3,(H,16,19). The number of hydrogen-bond acceptors (Lipinski definition) is 3. The summed E-state index contributed by atoms with van der Waals surface area (Å²) in [4.78, 5) is 13.0. The lowest BCUT2D eigenvalue weighted by Gasteiger charge is -2.05. The van der Waals surface area contributed by atoms with E-state index in [1.165, 1.54) is 10.5 Å². The van der Waals surface area contributed by atoms with Gasteiger partial charge in [-0.15, -0.1) is 11.8 Å². The molecule has 0 radical (unpaired) electrons. The van der Waals surface area contributed by atoms with Gasteiger partial charge in [-0.1, -0.05) is 17.7 Å². The maximum Gasteiger partial charge on any atom is 0.226 e. The van der Waals surface area contributed by atoms with E-state index in [1.54, 1.807) is 16.4 Å². The molecule has 0 saturated carbocycles. The zero-order valence-electron chi connectivity index (χ0n) is 12.0. The SMILES string of the molecule is Cc1ccc(SCCC(=O)Nc2cc(C)nn2C)cc1. The Bertz CT molecular complexity index is 590. The molecule has 106 valence electrons. The van der Waals surface area contributed by atoms with Gasteiger partial charge >= 0.3 is 0 Å². The Morgan fingerprint density at radius 2 is 2.00 bits per heavy atom. The molecule has 1 N–H and O–H groups in total. The van der Waals surface area contributed by atoms with Crippen LogP contribution in [-0.4, -0.2) is 21.4 Å². The second kappa shape index (κ2) is 6.61. The molecule has 0 fully saturated rings. The van der Waals surface area contributed by atoms with Gasteiger partial charge in [-0.3, -0.25) is 9.48 Å². The number of anilines is 1. The summed E-state index contributed by atoms with van der Waals surface area (Å²) in [5.41, 5.74) is 2.15. The van der Waals surface area contributed by atoms with Crippen molar-refractivity contribution in [3.05, 3.63) is 41.6 Å². The fraction of sp³-hybridized carbons (Fsp3) is 0.333. The Balaban J connectivity index is 1.78. The third-order valence-corrected chi connectivity index (χ3v) is 3.90. The Morgan fingerprint density at radius 3 is 2.60 bits per heavy atom. The topological polar surface area (TPSA) is 46.9 Å². The summed E-state index contributed by atoms with van der Waals surface area (Å²) in [5.74, 6) is 1.53. The van der Waals surface area contributed by atoms with Crippen LogP contribution in [0.25, 0.3) is 0 Å². The largest absolute Gasteiger partial charge is 0.311 e. The number of aromatic nitrogens is 2. The molecular formula is C15H19N3OS. The number of carbonyl (C=O) groups excluding carboxylic acids is 1. The van der Waals surface area contributed by atoms with Crippen LogP contribution in [0.1, 0.15) is 17.7 Å². The average Bonchev–Trinajstić information content (AvgIpc) is 2.70. The van der Waals surface area contributed by atoms with Crippen molar-refractivity contribution in [3.8, 4) is 0 Å². The van der Waals surface area contributed by atoms with Crippen LogP contribution >= 0.6 is 11.8 Å². The summed E-state index contributed by atoms with van der Waals surface area (Å²) >= 11 is 1.69. The quantitative estimate of drug-likeness (QED) is 0.860. The molecular weight excluding hydrogens is 270 g/mol. The zero-order valence-corrected chi connectivity index (χ0v) is 12.8. The van der Waals surface area contributed by atoms with Crippen molar-refractivity contribution >= 4 is 23.5 Å². The van der Waals surface area contributed by atoms with E-state index < -0.39 is 0 Å². The van der Waals surface area contributed by atoms with E-state index in [0.717, 1.165) is 17.3 Å². The van der Waals surface area contributed by atoms with Gasteiger partial charge in [0, 0.05) is 30.2 Å². The number of rotatable bonds is 5. The van der Waals surface area contributed by atoms with Crippen LogP contribution in [0.5, 0.6) is 0 Å². The fourth-order valence-corrected chi connectivity index (χ4v) is 2.68. The summed E-state index contributed by atoms with van der Waals surface area (Å²) in [5, 5.41) is 7.07. The van der Waals surface area contributed by atoms with Gasteiger partial charge in [0.2, 0.25) is 5.91 Å². The monoisotopic (exact) mass is 289 g/mol. The maximum atomic E-state index is 11.9. The third kappa shape index (κ3) is 4.13. The lowest BCUT2D eigenvalue weighted by atomic mass is 10.2. The first-order valence-electron chi connectivity index (χ1n) is 6.54. The van der Waals surface area contributed by atoms with E-state index >= 15 is 0 Å². The smallest absolute Gasteiger partial charge is 0.226 e. The molecule has 2 aromatic rings. The average molecular weight is 289 g/mol. The van der Waals surface area contributed by atoms with E-state index in [9.17, 15) is 4.79 Å². The first-order chi connectivity index (χ1) is 9.54. The molecule has 0 spiro atoms. The lowest BCUT2D eigenvalue weighted by Crippen LogP contribution is -2.14. The van der Waals surface area contributed by atoms with Gasteiger partial charge in [-0.05, 0) is 26.0 Å². The highest BCUT2D eigenvalue weighted by molar-refractivity contribution is 7.99. The van der Waals surface area contributed by atoms with Crippen molar-refractivity contribution in [3.63, 3.8) is 0 Å². The normalized spacial score (nSPS) is 10.6. The summed E-state index contributed by atoms with van der Waals surface area (Å²) in [6.45, 7) is 3.97. The molecule has 1 aromatic heterocycles. The van der Waals surface area contributed by atoms with Crippen LogP contribution in [0, 0.1) is 13.8 Å². The first-order valence-corrected chi connectivity index (χ1v) is 7.53. The second-order valence-corrected chi connectivity index (χ2v) is 5.92. The fourth-order valence-electron chi connectivity index (χ4n) is 1.83. The van der Waals surface area contributed by atoms with Gasteiger partial charge in [0.15, 0.2) is 0 Å². The van der Waals surface area contributed by atoms with Crippen molar-refractivity contribution in [1.29, 1.82) is 0 Å². The van der Waals surface area contributed by atoms with Crippen LogP contribution in [-0.2, 0) is 11.8 Å². The molecule has 2 rings (SSSR count). The zero-order chi connectivity index (χ0) is 14.5. The van der Waals surface area contributed by atoms with E-state index in [2.05, 4.69) is 41.6 Å². The molecule has 1 amide bonds. The van der Waals surface area contributed by atoms with Crippen molar-refractivity contribution in [1.82, 2.24) is 9.78 Å². The molecule has 0 aliphatic carbocycles. The van der Waals surface area contributed by atoms with Crippen LogP contribution in [0.15, 0.2) is 35.2 Å². The number of carbonyl (C=O) groups is 1. The van der Waals surface area contributed by atoms with Gasteiger partial charge in [0.25, 0.3) is 0 Å². The Labute approximate surface area is 123 Å². The van der Waals surface area contributed by atoms with Crippen molar-refractivity contribution in [2.75, 3.05) is 11.1 Å². The van der Waals surface area contributed by atoms with Gasteiger partial charge in [0.1, 0.15) is 5.82 Å². The number of nitrogens with one attached hydrogen (secondary N) is 1. The number of amides is 1. The predicted octanol–water partition coefficient (Wildman–Crippen LogP) is 3.16. The summed E-state index contributed by atoms with van der Waals surface area (Å²) < 4.78 is 1.68. The van der Waals surface area contributed by atoms with Gasteiger partial charge in [-0.2, -0.15) is 5.10 Å². The summed E-state index contributed by atoms with van der Waals surface area (Å²) in [6.07, 6.45) is 0.489. The van der Waals surface area contributed by atoms with Crippen LogP contribution in [0.3, 0.4) is 0 Å². The molecule has 0 bridgehead atoms. The van der Waals surface area contributed by atoms with E-state index in [-0.39, 0.29) is 5.91 Å². The molecule has 0 atom stereocenters. The van der Waals surface area contributed by atoms with E-state index in [0.29, 0.717) is 6.42 Å². The Morgan fingerprint density at radius 1 is 1.30 bits per heavy atom. The van der Waals surface area contributed by atoms with Crippen molar-refractivity contribution < 1.29 is 4.79 Å².